The fourth-order valence-electron chi connectivity index (χ4n) is 3.10. The van der Waals surface area contributed by atoms with Gasteiger partial charge in [-0.25, -0.2) is 4.68 Å². The van der Waals surface area contributed by atoms with Crippen LogP contribution < -0.4 is 5.56 Å². The molecule has 30 heavy (non-hydrogen) atoms. The highest BCUT2D eigenvalue weighted by molar-refractivity contribution is 7.99. The molecule has 152 valence electrons. The third-order valence-electron chi connectivity index (χ3n) is 4.83. The minimum Gasteiger partial charge on any atom is -0.481 e. The summed E-state index contributed by atoms with van der Waals surface area (Å²) in [6.07, 6.45) is 0.308. The van der Waals surface area contributed by atoms with Gasteiger partial charge in [0.2, 0.25) is 0 Å². The van der Waals surface area contributed by atoms with E-state index in [1.165, 1.54) is 22.0 Å². The van der Waals surface area contributed by atoms with Crippen LogP contribution in [0.5, 0.6) is 0 Å². The molecule has 1 atom stereocenters. The zero-order valence-electron chi connectivity index (χ0n) is 16.0. The van der Waals surface area contributed by atoms with Gasteiger partial charge in [0.25, 0.3) is 5.56 Å². The van der Waals surface area contributed by atoms with Crippen molar-refractivity contribution in [2.24, 2.45) is 5.92 Å². The van der Waals surface area contributed by atoms with Crippen LogP contribution in [0, 0.1) is 5.92 Å². The van der Waals surface area contributed by atoms with Gasteiger partial charge in [-0.05, 0) is 58.6 Å². The van der Waals surface area contributed by atoms with Crippen molar-refractivity contribution in [3.05, 3.63) is 75.7 Å². The zero-order valence-corrected chi connectivity index (χ0v) is 17.6. The molecule has 0 amide bonds. The number of fused-ring (bicyclic) bond motifs is 1. The third kappa shape index (κ3) is 4.60. The lowest BCUT2D eigenvalue weighted by Gasteiger charge is -2.13. The number of benzene rings is 2. The van der Waals surface area contributed by atoms with E-state index in [4.69, 9.17) is 0 Å². The molecule has 4 aromatic rings. The minimum absolute atomic E-state index is 0.214. The minimum atomic E-state index is -0.876. The predicted octanol–water partition coefficient (Wildman–Crippen LogP) is 4.40. The summed E-state index contributed by atoms with van der Waals surface area (Å²) in [5.41, 5.74) is 2.61. The second kappa shape index (κ2) is 9.23. The highest BCUT2D eigenvalue weighted by Crippen LogP contribution is 2.27. The molecule has 1 N–H and O–H groups in total. The number of hydrogen-bond acceptors (Lipinski definition) is 6. The number of hydrogen-bond donors (Lipinski definition) is 1. The predicted molar refractivity (Wildman–Crippen MR) is 120 cm³/mol. The van der Waals surface area contributed by atoms with Gasteiger partial charge in [-0.2, -0.15) is 11.3 Å². The molecule has 2 aromatic heterocycles. The summed E-state index contributed by atoms with van der Waals surface area (Å²) < 4.78 is 1.25. The maximum absolute atomic E-state index is 12.5. The molecule has 2 heterocycles. The normalized spacial score (nSPS) is 12.1. The lowest BCUT2D eigenvalue weighted by atomic mass is 10.1. The lowest BCUT2D eigenvalue weighted by Crippen LogP contribution is -2.27. The van der Waals surface area contributed by atoms with E-state index in [9.17, 15) is 14.7 Å². The van der Waals surface area contributed by atoms with Gasteiger partial charge < -0.3 is 5.11 Å². The van der Waals surface area contributed by atoms with Crippen LogP contribution in [0.1, 0.15) is 6.42 Å². The Labute approximate surface area is 181 Å². The molecule has 1 unspecified atom stereocenters. The van der Waals surface area contributed by atoms with Gasteiger partial charge in [-0.3, -0.25) is 9.59 Å². The van der Waals surface area contributed by atoms with E-state index in [1.54, 1.807) is 35.6 Å². The maximum Gasteiger partial charge on any atom is 0.307 e. The third-order valence-corrected chi connectivity index (χ3v) is 6.69. The van der Waals surface area contributed by atoms with Gasteiger partial charge in [0, 0.05) is 17.2 Å². The summed E-state index contributed by atoms with van der Waals surface area (Å²) in [6.45, 7) is 0.214. The first-order chi connectivity index (χ1) is 14.6. The van der Waals surface area contributed by atoms with Gasteiger partial charge in [-0.1, -0.05) is 29.5 Å². The second-order valence-electron chi connectivity index (χ2n) is 6.81. The number of nitrogens with zero attached hydrogens (tertiary/aromatic N) is 3. The Kier molecular flexibility index (Phi) is 6.25. The summed E-state index contributed by atoms with van der Waals surface area (Å²) in [4.78, 5) is 25.3. The van der Waals surface area contributed by atoms with Crippen molar-refractivity contribution in [1.29, 1.82) is 0 Å². The first-order valence-corrected chi connectivity index (χ1v) is 11.4. The average Bonchev–Trinajstić information content (AvgIpc) is 3.30. The number of thiophene rings is 1. The summed E-state index contributed by atoms with van der Waals surface area (Å²) in [5.74, 6) is -1.05. The average molecular weight is 438 g/mol. The fraction of sp³-hybridized carbons (Fsp3) is 0.182. The van der Waals surface area contributed by atoms with Crippen LogP contribution in [-0.2, 0) is 11.3 Å². The van der Waals surface area contributed by atoms with E-state index >= 15 is 0 Å². The monoisotopic (exact) mass is 437 g/mol. The molecule has 0 bridgehead atoms. The quantitative estimate of drug-likeness (QED) is 0.411. The van der Waals surface area contributed by atoms with Crippen LogP contribution in [0.25, 0.3) is 22.0 Å². The molecule has 2 aromatic carbocycles. The summed E-state index contributed by atoms with van der Waals surface area (Å²) in [7, 11) is 0. The molecule has 0 saturated carbocycles. The standard InChI is InChI=1S/C22H19N3O3S2/c26-21-19-3-1-2-4-20(19)23-24-25(21)11-9-17(22(27)28)14-30-18-7-5-15(6-8-18)16-10-12-29-13-16/h1-8,10,12-13,17H,9,11,14H2,(H,27,28). The zero-order chi connectivity index (χ0) is 20.9. The van der Waals surface area contributed by atoms with Crippen molar-refractivity contribution in [2.45, 2.75) is 17.9 Å². The van der Waals surface area contributed by atoms with Crippen LogP contribution in [0.4, 0.5) is 0 Å². The van der Waals surface area contributed by atoms with Crippen molar-refractivity contribution in [2.75, 3.05) is 5.75 Å². The van der Waals surface area contributed by atoms with E-state index in [-0.39, 0.29) is 12.1 Å². The molecule has 0 radical (unpaired) electrons. The molecular weight excluding hydrogens is 418 g/mol. The number of rotatable bonds is 8. The van der Waals surface area contributed by atoms with Crippen LogP contribution >= 0.6 is 23.1 Å². The van der Waals surface area contributed by atoms with Gasteiger partial charge >= 0.3 is 5.97 Å². The second-order valence-corrected chi connectivity index (χ2v) is 8.68. The highest BCUT2D eigenvalue weighted by Gasteiger charge is 2.19. The van der Waals surface area contributed by atoms with E-state index in [0.29, 0.717) is 23.1 Å². The molecule has 0 aliphatic heterocycles. The van der Waals surface area contributed by atoms with Crippen molar-refractivity contribution in [3.8, 4) is 11.1 Å². The number of aliphatic carboxylic acids is 1. The Balaban J connectivity index is 1.39. The van der Waals surface area contributed by atoms with Gasteiger partial charge in [0.05, 0.1) is 11.3 Å². The number of carboxylic acids is 1. The molecule has 0 spiro atoms. The molecule has 4 rings (SSSR count). The Morgan fingerprint density at radius 1 is 1.10 bits per heavy atom. The molecule has 0 saturated heterocycles. The van der Waals surface area contributed by atoms with Gasteiger partial charge in [-0.15, -0.1) is 16.9 Å². The van der Waals surface area contributed by atoms with Crippen LogP contribution in [-0.4, -0.2) is 31.8 Å². The van der Waals surface area contributed by atoms with Crippen LogP contribution in [0.3, 0.4) is 0 Å². The Hall–Kier alpha value is -2.97. The molecule has 0 aliphatic carbocycles. The summed E-state index contributed by atoms with van der Waals surface area (Å²) in [6, 6.07) is 17.2. The lowest BCUT2D eigenvalue weighted by molar-refractivity contribution is -0.141. The summed E-state index contributed by atoms with van der Waals surface area (Å²) in [5, 5.41) is 22.2. The van der Waals surface area contributed by atoms with E-state index in [2.05, 4.69) is 21.8 Å². The first kappa shape index (κ1) is 20.3. The molecule has 8 heteroatoms. The first-order valence-electron chi connectivity index (χ1n) is 9.42. The van der Waals surface area contributed by atoms with Crippen molar-refractivity contribution in [3.63, 3.8) is 0 Å². The molecule has 6 nitrogen and oxygen atoms in total. The Morgan fingerprint density at radius 2 is 1.90 bits per heavy atom. The smallest absolute Gasteiger partial charge is 0.307 e. The Bertz CT molecular complexity index is 1200. The SMILES string of the molecule is O=C(O)C(CCn1nnc2ccccc2c1=O)CSc1ccc(-c2ccsc2)cc1. The molecular formula is C22H19N3O3S2. The highest BCUT2D eigenvalue weighted by atomic mass is 32.2. The molecule has 0 fully saturated rings. The van der Waals surface area contributed by atoms with E-state index in [0.717, 1.165) is 10.5 Å². The van der Waals surface area contributed by atoms with Crippen LogP contribution in [0.15, 0.2) is 75.0 Å². The maximum atomic E-state index is 12.5. The number of aryl methyl sites for hydroxylation is 1. The number of carboxylic acid groups (broad SMARTS) is 1. The van der Waals surface area contributed by atoms with Crippen LogP contribution in [0.2, 0.25) is 0 Å². The van der Waals surface area contributed by atoms with Gasteiger partial charge in [0.1, 0.15) is 5.52 Å². The topological polar surface area (TPSA) is 85.1 Å². The largest absolute Gasteiger partial charge is 0.481 e. The van der Waals surface area contributed by atoms with Crippen molar-refractivity contribution in [1.82, 2.24) is 15.0 Å². The van der Waals surface area contributed by atoms with Crippen molar-refractivity contribution >= 4 is 40.0 Å². The molecule has 0 aliphatic rings. The fourth-order valence-corrected chi connectivity index (χ4v) is 4.79. The number of thioether (sulfide) groups is 1. The van der Waals surface area contributed by atoms with Gasteiger partial charge in [0.15, 0.2) is 0 Å². The van der Waals surface area contributed by atoms with Crippen molar-refractivity contribution < 1.29 is 9.90 Å². The summed E-state index contributed by atoms with van der Waals surface area (Å²) >= 11 is 3.16. The van der Waals surface area contributed by atoms with E-state index < -0.39 is 11.9 Å². The number of carbonyl (C=O) groups is 1. The van der Waals surface area contributed by atoms with E-state index in [1.807, 2.05) is 29.6 Å². The Morgan fingerprint density at radius 3 is 2.63 bits per heavy atom. The number of aromatic nitrogens is 3.